The van der Waals surface area contributed by atoms with Crippen LogP contribution < -0.4 is 0 Å². The van der Waals surface area contributed by atoms with Gasteiger partial charge >= 0.3 is 0 Å². The number of nitrogens with zero attached hydrogens (tertiary/aromatic N) is 2. The highest BCUT2D eigenvalue weighted by molar-refractivity contribution is 7.99. The van der Waals surface area contributed by atoms with Crippen molar-refractivity contribution in [3.05, 3.63) is 11.7 Å². The Hall–Kier alpha value is -0.550. The Balaban J connectivity index is 1.78. The number of aliphatic hydroxyl groups is 1. The third-order valence-electron chi connectivity index (χ3n) is 3.41. The normalized spacial score (nSPS) is 18.7. The Morgan fingerprint density at radius 3 is 2.78 bits per heavy atom. The summed E-state index contributed by atoms with van der Waals surface area (Å²) in [7, 11) is 0. The molecule has 0 radical (unpaired) electrons. The van der Waals surface area contributed by atoms with E-state index in [1.165, 1.54) is 25.7 Å². The van der Waals surface area contributed by atoms with Crippen molar-refractivity contribution < 1.29 is 9.63 Å². The Morgan fingerprint density at radius 1 is 1.39 bits per heavy atom. The highest BCUT2D eigenvalue weighted by Gasteiger charge is 2.18. The summed E-state index contributed by atoms with van der Waals surface area (Å²) >= 11 is 1.93. The molecule has 0 saturated heterocycles. The van der Waals surface area contributed by atoms with Gasteiger partial charge in [-0.05, 0) is 18.8 Å². The molecule has 1 saturated carbocycles. The second kappa shape index (κ2) is 6.57. The molecule has 1 fully saturated rings. The van der Waals surface area contributed by atoms with Crippen LogP contribution in [0.3, 0.4) is 0 Å². The second-order valence-electron chi connectivity index (χ2n) is 5.34. The fourth-order valence-electron chi connectivity index (χ4n) is 2.09. The Bertz CT molecular complexity index is 362. The van der Waals surface area contributed by atoms with E-state index in [1.807, 2.05) is 25.6 Å². The predicted octanol–water partition coefficient (Wildman–Crippen LogP) is 2.80. The zero-order valence-electron chi connectivity index (χ0n) is 11.1. The van der Waals surface area contributed by atoms with Crippen molar-refractivity contribution in [2.45, 2.75) is 63.1 Å². The molecule has 1 aromatic rings. The van der Waals surface area contributed by atoms with Gasteiger partial charge in [-0.25, -0.2) is 0 Å². The molecule has 5 heteroatoms. The SMILES string of the molecule is CC(C)C(O)Cc1nc(CSC2CCCC2)no1. The maximum atomic E-state index is 9.76. The molecule has 2 rings (SSSR count). The molecule has 0 amide bonds. The van der Waals surface area contributed by atoms with Crippen LogP contribution in [-0.2, 0) is 12.2 Å². The lowest BCUT2D eigenvalue weighted by Gasteiger charge is -2.10. The van der Waals surface area contributed by atoms with E-state index < -0.39 is 6.10 Å². The number of thioether (sulfide) groups is 1. The lowest BCUT2D eigenvalue weighted by atomic mass is 10.0. The molecule has 1 aliphatic rings. The monoisotopic (exact) mass is 270 g/mol. The van der Waals surface area contributed by atoms with E-state index in [1.54, 1.807) is 0 Å². The van der Waals surface area contributed by atoms with Crippen LogP contribution in [0.25, 0.3) is 0 Å². The molecule has 1 heterocycles. The molecular weight excluding hydrogens is 248 g/mol. The molecule has 1 aromatic heterocycles. The summed E-state index contributed by atoms with van der Waals surface area (Å²) in [6.45, 7) is 3.97. The van der Waals surface area contributed by atoms with E-state index in [2.05, 4.69) is 10.1 Å². The fourth-order valence-corrected chi connectivity index (χ4v) is 3.26. The number of aromatic nitrogens is 2. The van der Waals surface area contributed by atoms with Crippen LogP contribution in [0.2, 0.25) is 0 Å². The largest absolute Gasteiger partial charge is 0.392 e. The molecule has 1 atom stereocenters. The fraction of sp³-hybridized carbons (Fsp3) is 0.846. The maximum Gasteiger partial charge on any atom is 0.229 e. The molecule has 1 aliphatic carbocycles. The van der Waals surface area contributed by atoms with Crippen LogP contribution in [0.4, 0.5) is 0 Å². The summed E-state index contributed by atoms with van der Waals surface area (Å²) in [5.41, 5.74) is 0. The average Bonchev–Trinajstić information content (AvgIpc) is 2.96. The van der Waals surface area contributed by atoms with Gasteiger partial charge in [-0.3, -0.25) is 0 Å². The molecule has 18 heavy (non-hydrogen) atoms. The maximum absolute atomic E-state index is 9.76. The molecule has 0 spiro atoms. The number of hydrogen-bond donors (Lipinski definition) is 1. The van der Waals surface area contributed by atoms with Crippen molar-refractivity contribution in [3.63, 3.8) is 0 Å². The molecule has 102 valence electrons. The standard InChI is InChI=1S/C13H22N2O2S/c1-9(2)11(16)7-13-14-12(15-17-13)8-18-10-5-3-4-6-10/h9-11,16H,3-8H2,1-2H3. The van der Waals surface area contributed by atoms with Crippen LogP contribution in [0.1, 0.15) is 51.2 Å². The van der Waals surface area contributed by atoms with Crippen molar-refractivity contribution >= 4 is 11.8 Å². The number of rotatable bonds is 6. The lowest BCUT2D eigenvalue weighted by molar-refractivity contribution is 0.116. The van der Waals surface area contributed by atoms with Gasteiger partial charge in [-0.1, -0.05) is 31.8 Å². The first kappa shape index (κ1) is 13.9. The molecular formula is C13H22N2O2S. The summed E-state index contributed by atoms with van der Waals surface area (Å²) in [5.74, 6) is 2.36. The minimum Gasteiger partial charge on any atom is -0.392 e. The summed E-state index contributed by atoms with van der Waals surface area (Å²) in [6, 6.07) is 0. The van der Waals surface area contributed by atoms with Crippen LogP contribution in [0.5, 0.6) is 0 Å². The van der Waals surface area contributed by atoms with Gasteiger partial charge in [0.05, 0.1) is 18.3 Å². The van der Waals surface area contributed by atoms with Crippen molar-refractivity contribution in [2.75, 3.05) is 0 Å². The summed E-state index contributed by atoms with van der Waals surface area (Å²) in [4.78, 5) is 4.33. The molecule has 1 unspecified atom stereocenters. The first-order valence-electron chi connectivity index (χ1n) is 6.76. The van der Waals surface area contributed by atoms with Crippen LogP contribution >= 0.6 is 11.8 Å². The predicted molar refractivity (Wildman–Crippen MR) is 72.4 cm³/mol. The average molecular weight is 270 g/mol. The lowest BCUT2D eigenvalue weighted by Crippen LogP contribution is -2.17. The van der Waals surface area contributed by atoms with E-state index in [-0.39, 0.29) is 5.92 Å². The number of aliphatic hydroxyl groups excluding tert-OH is 1. The third-order valence-corrected chi connectivity index (χ3v) is 4.78. The van der Waals surface area contributed by atoms with Gasteiger partial charge in [0.15, 0.2) is 5.82 Å². The van der Waals surface area contributed by atoms with Crippen molar-refractivity contribution in [1.29, 1.82) is 0 Å². The van der Waals surface area contributed by atoms with Gasteiger partial charge in [-0.2, -0.15) is 16.7 Å². The van der Waals surface area contributed by atoms with E-state index in [0.29, 0.717) is 12.3 Å². The third kappa shape index (κ3) is 3.99. The van der Waals surface area contributed by atoms with Gasteiger partial charge in [0.2, 0.25) is 5.89 Å². The van der Waals surface area contributed by atoms with E-state index in [4.69, 9.17) is 4.52 Å². The highest BCUT2D eigenvalue weighted by atomic mass is 32.2. The second-order valence-corrected chi connectivity index (χ2v) is 6.63. The molecule has 4 nitrogen and oxygen atoms in total. The highest BCUT2D eigenvalue weighted by Crippen LogP contribution is 2.31. The first-order chi connectivity index (χ1) is 8.65. The minimum absolute atomic E-state index is 0.216. The smallest absolute Gasteiger partial charge is 0.229 e. The molecule has 0 aromatic carbocycles. The Labute approximate surface area is 113 Å². The van der Waals surface area contributed by atoms with Gasteiger partial charge in [0.25, 0.3) is 0 Å². The summed E-state index contributed by atoms with van der Waals surface area (Å²) in [6.07, 6.45) is 5.41. The zero-order valence-corrected chi connectivity index (χ0v) is 11.9. The zero-order chi connectivity index (χ0) is 13.0. The minimum atomic E-state index is -0.402. The quantitative estimate of drug-likeness (QED) is 0.861. The van der Waals surface area contributed by atoms with Crippen LogP contribution in [0.15, 0.2) is 4.52 Å². The Morgan fingerprint density at radius 2 is 2.11 bits per heavy atom. The van der Waals surface area contributed by atoms with Gasteiger partial charge in [0, 0.05) is 5.25 Å². The van der Waals surface area contributed by atoms with E-state index in [9.17, 15) is 5.11 Å². The number of hydrogen-bond acceptors (Lipinski definition) is 5. The Kier molecular flexibility index (Phi) is 5.06. The van der Waals surface area contributed by atoms with Gasteiger partial charge in [-0.15, -0.1) is 0 Å². The first-order valence-corrected chi connectivity index (χ1v) is 7.81. The van der Waals surface area contributed by atoms with Gasteiger partial charge in [0.1, 0.15) is 0 Å². The molecule has 0 bridgehead atoms. The van der Waals surface area contributed by atoms with Crippen molar-refractivity contribution in [3.8, 4) is 0 Å². The van der Waals surface area contributed by atoms with Crippen molar-refractivity contribution in [2.24, 2.45) is 5.92 Å². The summed E-state index contributed by atoms with van der Waals surface area (Å²) in [5, 5.41) is 14.5. The van der Waals surface area contributed by atoms with Crippen molar-refractivity contribution in [1.82, 2.24) is 10.1 Å². The molecule has 1 N–H and O–H groups in total. The van der Waals surface area contributed by atoms with E-state index >= 15 is 0 Å². The molecule has 0 aliphatic heterocycles. The van der Waals surface area contributed by atoms with Crippen LogP contribution in [0, 0.1) is 5.92 Å². The summed E-state index contributed by atoms with van der Waals surface area (Å²) < 4.78 is 5.17. The van der Waals surface area contributed by atoms with Crippen LogP contribution in [-0.4, -0.2) is 26.6 Å². The van der Waals surface area contributed by atoms with E-state index in [0.717, 1.165) is 16.8 Å². The topological polar surface area (TPSA) is 59.2 Å². The van der Waals surface area contributed by atoms with Gasteiger partial charge < -0.3 is 9.63 Å².